The van der Waals surface area contributed by atoms with E-state index in [1.165, 1.54) is 12.8 Å². The van der Waals surface area contributed by atoms with Gasteiger partial charge in [0.1, 0.15) is 0 Å². The smallest absolute Gasteiger partial charge is 0.0963 e. The van der Waals surface area contributed by atoms with Crippen LogP contribution >= 0.6 is 0 Å². The Kier molecular flexibility index (Phi) is 10.7. The summed E-state index contributed by atoms with van der Waals surface area (Å²) < 4.78 is 0. The van der Waals surface area contributed by atoms with E-state index in [1.807, 2.05) is 0 Å². The van der Waals surface area contributed by atoms with Crippen LogP contribution in [0.2, 0.25) is 0 Å². The monoisotopic (exact) mass is 348 g/mol. The predicted molar refractivity (Wildman–Crippen MR) is 78.0 cm³/mol. The summed E-state index contributed by atoms with van der Waals surface area (Å²) in [6.07, 6.45) is -1.24. The first kappa shape index (κ1) is 24.7. The molecule has 0 aliphatic heterocycles. The quantitative estimate of drug-likeness (QED) is 0.489. The lowest BCUT2D eigenvalue weighted by Crippen LogP contribution is -2.46. The molecule has 0 radical (unpaired) electrons. The normalized spacial score (nSPS) is 23.9. The van der Waals surface area contributed by atoms with Crippen molar-refractivity contribution in [3.05, 3.63) is 0 Å². The van der Waals surface area contributed by atoms with E-state index in [-0.39, 0.29) is 16.9 Å². The Morgan fingerprint density at radius 3 is 1.50 bits per heavy atom. The van der Waals surface area contributed by atoms with Crippen LogP contribution in [-0.2, 0) is 4.89 Å². The number of hydrogen-bond donors (Lipinski definition) is 1. The molecule has 1 aliphatic rings. The maximum absolute atomic E-state index is 9.11. The van der Waals surface area contributed by atoms with Crippen molar-refractivity contribution in [2.75, 3.05) is 0 Å². The standard InChI is InChI=1S/C14H28O2.2CH2O3/c1-13(2,3)10-8-7-9-11(16-15)12(10)14(4,5)6;2*2-1(3)4/h10-12,15H,7-9H2,1-6H3;2*(H2,2,3,4)/p-4. The van der Waals surface area contributed by atoms with Gasteiger partial charge in [0.2, 0.25) is 0 Å². The molecule has 24 heavy (non-hydrogen) atoms. The maximum atomic E-state index is 9.11. The molecule has 144 valence electrons. The zero-order chi connectivity index (χ0) is 19.7. The predicted octanol–water partition coefficient (Wildman–Crippen LogP) is -0.541. The molecule has 0 heterocycles. The highest BCUT2D eigenvalue weighted by atomic mass is 17.1. The van der Waals surface area contributed by atoms with Crippen LogP contribution in [0.3, 0.4) is 0 Å². The summed E-state index contributed by atoms with van der Waals surface area (Å²) in [5.41, 5.74) is 0.473. The van der Waals surface area contributed by atoms with Gasteiger partial charge in [-0.15, -0.1) is 0 Å². The van der Waals surface area contributed by atoms with Gasteiger partial charge in [-0.3, -0.25) is 5.26 Å². The molecule has 8 nitrogen and oxygen atoms in total. The lowest BCUT2D eigenvalue weighted by molar-refractivity contribution is -0.417. The van der Waals surface area contributed by atoms with Crippen LogP contribution in [0, 0.1) is 22.7 Å². The van der Waals surface area contributed by atoms with Gasteiger partial charge in [0.15, 0.2) is 0 Å². The largest absolute Gasteiger partial charge is 0.652 e. The Balaban J connectivity index is 0. The zero-order valence-corrected chi connectivity index (χ0v) is 15.2. The van der Waals surface area contributed by atoms with E-state index in [2.05, 4.69) is 41.5 Å². The minimum atomic E-state index is -2.33. The van der Waals surface area contributed by atoms with Crippen LogP contribution in [0.5, 0.6) is 0 Å². The summed E-state index contributed by atoms with van der Waals surface area (Å²) in [5, 5.41) is 42.4. The fraction of sp³-hybridized carbons (Fsp3) is 0.875. The molecule has 0 saturated heterocycles. The van der Waals surface area contributed by atoms with Gasteiger partial charge in [-0.1, -0.05) is 48.0 Å². The van der Waals surface area contributed by atoms with Crippen molar-refractivity contribution in [3.63, 3.8) is 0 Å². The van der Waals surface area contributed by atoms with Crippen LogP contribution in [0.4, 0.5) is 9.59 Å². The van der Waals surface area contributed by atoms with Crippen molar-refractivity contribution in [2.24, 2.45) is 22.7 Å². The van der Waals surface area contributed by atoms with E-state index in [9.17, 15) is 0 Å². The molecule has 0 aromatic carbocycles. The lowest BCUT2D eigenvalue weighted by atomic mass is 9.58. The number of carboxylic acid groups (broad SMARTS) is 4. The van der Waals surface area contributed by atoms with Gasteiger partial charge in [0, 0.05) is 0 Å². The number of rotatable bonds is 1. The van der Waals surface area contributed by atoms with Crippen LogP contribution in [0.25, 0.3) is 0 Å². The molecule has 1 N–H and O–H groups in total. The number of carbonyl (C=O) groups excluding carboxylic acids is 2. The molecule has 3 unspecified atom stereocenters. The van der Waals surface area contributed by atoms with Gasteiger partial charge in [0.25, 0.3) is 0 Å². The van der Waals surface area contributed by atoms with E-state index in [0.29, 0.717) is 11.8 Å². The van der Waals surface area contributed by atoms with Crippen molar-refractivity contribution >= 4 is 12.3 Å². The molecule has 3 atom stereocenters. The van der Waals surface area contributed by atoms with Crippen LogP contribution < -0.4 is 20.4 Å². The molecule has 0 aromatic rings. The van der Waals surface area contributed by atoms with E-state index in [4.69, 9.17) is 40.2 Å². The lowest BCUT2D eigenvalue weighted by Gasteiger charge is -2.49. The molecule has 0 spiro atoms. The first-order valence-corrected chi connectivity index (χ1v) is 7.70. The zero-order valence-electron chi connectivity index (χ0n) is 15.2. The van der Waals surface area contributed by atoms with Crippen molar-refractivity contribution in [1.29, 1.82) is 0 Å². The average Bonchev–Trinajstić information content (AvgIpc) is 2.34. The molecule has 1 aliphatic carbocycles. The van der Waals surface area contributed by atoms with Gasteiger partial charge in [-0.25, -0.2) is 4.89 Å². The fourth-order valence-electron chi connectivity index (χ4n) is 3.41. The average molecular weight is 348 g/mol. The number of carbonyl (C=O) groups is 2. The van der Waals surface area contributed by atoms with Crippen molar-refractivity contribution in [1.82, 2.24) is 0 Å². The minimum Gasteiger partial charge on any atom is -0.652 e. The molecule has 1 fully saturated rings. The Morgan fingerprint density at radius 2 is 1.25 bits per heavy atom. The second-order valence-electron chi connectivity index (χ2n) is 7.94. The summed E-state index contributed by atoms with van der Waals surface area (Å²) in [6, 6.07) is 0. The Morgan fingerprint density at radius 1 is 0.875 bits per heavy atom. The summed E-state index contributed by atoms with van der Waals surface area (Å²) in [7, 11) is 0. The summed E-state index contributed by atoms with van der Waals surface area (Å²) in [6.45, 7) is 13.7. The van der Waals surface area contributed by atoms with Gasteiger partial charge in [0.05, 0.1) is 6.10 Å². The van der Waals surface area contributed by atoms with Crippen molar-refractivity contribution in [3.8, 4) is 0 Å². The van der Waals surface area contributed by atoms with Gasteiger partial charge < -0.3 is 30.0 Å². The maximum Gasteiger partial charge on any atom is 0.0963 e. The molecule has 1 saturated carbocycles. The third-order valence-corrected chi connectivity index (χ3v) is 4.09. The van der Waals surface area contributed by atoms with Crippen LogP contribution in [0.1, 0.15) is 60.8 Å². The minimum absolute atomic E-state index is 0.0120. The van der Waals surface area contributed by atoms with Crippen LogP contribution in [-0.4, -0.2) is 23.7 Å². The molecule has 1 rings (SSSR count). The first-order chi connectivity index (χ1) is 10.6. The highest BCUT2D eigenvalue weighted by Gasteiger charge is 2.45. The summed E-state index contributed by atoms with van der Waals surface area (Å²) >= 11 is 0. The molecule has 0 aromatic heterocycles. The SMILES string of the molecule is CC(C)(C)C1CCCC(OO)C1C(C)(C)C.O=C([O-])[O-].O=C([O-])[O-]. The Bertz CT molecular complexity index is 361. The highest BCUT2D eigenvalue weighted by molar-refractivity contribution is 5.47. The molecule has 0 amide bonds. The molecular weight excluding hydrogens is 320 g/mol. The third kappa shape index (κ3) is 11.1. The fourth-order valence-corrected chi connectivity index (χ4v) is 3.41. The van der Waals surface area contributed by atoms with E-state index in [1.54, 1.807) is 0 Å². The molecular formula is C16H28O8-4. The molecule has 8 heteroatoms. The van der Waals surface area contributed by atoms with Gasteiger partial charge >= 0.3 is 0 Å². The highest BCUT2D eigenvalue weighted by Crippen LogP contribution is 2.49. The summed E-state index contributed by atoms with van der Waals surface area (Å²) in [5.74, 6) is 1.06. The third-order valence-electron chi connectivity index (χ3n) is 4.09. The Labute approximate surface area is 143 Å². The van der Waals surface area contributed by atoms with Gasteiger partial charge in [-0.2, -0.15) is 0 Å². The topological polar surface area (TPSA) is 156 Å². The molecule has 0 bridgehead atoms. The number of hydrogen-bond acceptors (Lipinski definition) is 8. The first-order valence-electron chi connectivity index (χ1n) is 7.70. The second kappa shape index (κ2) is 10.4. The van der Waals surface area contributed by atoms with Crippen LogP contribution in [0.15, 0.2) is 0 Å². The Hall–Kier alpha value is -1.54. The van der Waals surface area contributed by atoms with E-state index in [0.717, 1.165) is 6.42 Å². The van der Waals surface area contributed by atoms with E-state index >= 15 is 0 Å². The van der Waals surface area contributed by atoms with E-state index < -0.39 is 12.3 Å². The van der Waals surface area contributed by atoms with Crippen molar-refractivity contribution < 1.29 is 40.2 Å². The van der Waals surface area contributed by atoms with Crippen molar-refractivity contribution in [2.45, 2.75) is 66.9 Å². The summed E-state index contributed by atoms with van der Waals surface area (Å²) in [4.78, 5) is 21.4. The second-order valence-corrected chi connectivity index (χ2v) is 7.94. The van der Waals surface area contributed by atoms with Gasteiger partial charge in [-0.05, 0) is 47.8 Å².